The van der Waals surface area contributed by atoms with Crippen LogP contribution in [0.25, 0.3) is 0 Å². The maximum absolute atomic E-state index is 10.8. The summed E-state index contributed by atoms with van der Waals surface area (Å²) in [7, 11) is 0. The zero-order chi connectivity index (χ0) is 9.56. The molecule has 0 amide bonds. The largest absolute Gasteiger partial charge is 0.411 e. The number of Topliss-reactive ketones (excluding diaryl/α,β-unsaturated/α-hetero) is 1. The first-order valence-electron chi connectivity index (χ1n) is 4.09. The molecule has 0 atom stereocenters. The standard InChI is InChI=1S/C8H16N2O2/c1-4-10(5-2)6-8(9-12)7(3)11/h12H,4-6H2,1-3H3. The van der Waals surface area contributed by atoms with Crippen molar-refractivity contribution in [3.05, 3.63) is 0 Å². The van der Waals surface area contributed by atoms with Crippen LogP contribution in [0.3, 0.4) is 0 Å². The molecular weight excluding hydrogens is 156 g/mol. The van der Waals surface area contributed by atoms with Crippen LogP contribution in [0.15, 0.2) is 5.16 Å². The van der Waals surface area contributed by atoms with Crippen LogP contribution in [0, 0.1) is 0 Å². The fourth-order valence-corrected chi connectivity index (χ4v) is 0.872. The molecule has 0 saturated carbocycles. The Morgan fingerprint density at radius 2 is 1.92 bits per heavy atom. The summed E-state index contributed by atoms with van der Waals surface area (Å²) < 4.78 is 0. The Balaban J connectivity index is 4.11. The lowest BCUT2D eigenvalue weighted by molar-refractivity contribution is -0.111. The first-order chi connectivity index (χ1) is 5.65. The fourth-order valence-electron chi connectivity index (χ4n) is 0.872. The minimum Gasteiger partial charge on any atom is -0.411 e. The van der Waals surface area contributed by atoms with Gasteiger partial charge in [-0.15, -0.1) is 0 Å². The number of carbonyl (C=O) groups excluding carboxylic acids is 1. The summed E-state index contributed by atoms with van der Waals surface area (Å²) in [5, 5.41) is 11.4. The van der Waals surface area contributed by atoms with Crippen molar-refractivity contribution < 1.29 is 10.0 Å². The molecule has 1 N–H and O–H groups in total. The Kier molecular flexibility index (Phi) is 5.28. The number of rotatable bonds is 5. The molecule has 0 aliphatic heterocycles. The third kappa shape index (κ3) is 3.48. The quantitative estimate of drug-likeness (QED) is 0.378. The van der Waals surface area contributed by atoms with Gasteiger partial charge in [-0.25, -0.2) is 0 Å². The maximum atomic E-state index is 10.8. The van der Waals surface area contributed by atoms with Gasteiger partial charge in [0.25, 0.3) is 0 Å². The van der Waals surface area contributed by atoms with E-state index in [-0.39, 0.29) is 11.5 Å². The lowest BCUT2D eigenvalue weighted by Gasteiger charge is -2.16. The van der Waals surface area contributed by atoms with Gasteiger partial charge in [-0.1, -0.05) is 19.0 Å². The van der Waals surface area contributed by atoms with E-state index in [0.717, 1.165) is 13.1 Å². The second kappa shape index (κ2) is 5.71. The number of ketones is 1. The highest BCUT2D eigenvalue weighted by Gasteiger charge is 2.09. The van der Waals surface area contributed by atoms with Crippen LogP contribution in [-0.2, 0) is 4.79 Å². The number of hydrogen-bond acceptors (Lipinski definition) is 4. The number of hydrogen-bond donors (Lipinski definition) is 1. The molecule has 4 nitrogen and oxygen atoms in total. The summed E-state index contributed by atoms with van der Waals surface area (Å²) in [6.07, 6.45) is 0. The molecule has 0 rings (SSSR count). The van der Waals surface area contributed by atoms with Gasteiger partial charge in [-0.2, -0.15) is 0 Å². The number of oxime groups is 1. The molecule has 0 radical (unpaired) electrons. The minimum atomic E-state index is -0.176. The van der Waals surface area contributed by atoms with Crippen molar-refractivity contribution in [3.63, 3.8) is 0 Å². The second-order valence-corrected chi connectivity index (χ2v) is 2.56. The Morgan fingerprint density at radius 1 is 1.42 bits per heavy atom. The molecule has 0 heterocycles. The molecular formula is C8H16N2O2. The van der Waals surface area contributed by atoms with Crippen molar-refractivity contribution in [2.45, 2.75) is 20.8 Å². The highest BCUT2D eigenvalue weighted by Crippen LogP contribution is 1.90. The molecule has 0 aromatic heterocycles. The fraction of sp³-hybridized carbons (Fsp3) is 0.750. The Labute approximate surface area is 72.9 Å². The predicted octanol–water partition coefficient (Wildman–Crippen LogP) is 0.747. The van der Waals surface area contributed by atoms with Gasteiger partial charge < -0.3 is 5.21 Å². The summed E-state index contributed by atoms with van der Waals surface area (Å²) in [5.74, 6) is -0.176. The Morgan fingerprint density at radius 3 is 2.17 bits per heavy atom. The zero-order valence-electron chi connectivity index (χ0n) is 7.87. The zero-order valence-corrected chi connectivity index (χ0v) is 7.87. The monoisotopic (exact) mass is 172 g/mol. The van der Waals surface area contributed by atoms with Crippen molar-refractivity contribution in [2.75, 3.05) is 19.6 Å². The number of nitrogens with zero attached hydrogens (tertiary/aromatic N) is 2. The first-order valence-corrected chi connectivity index (χ1v) is 4.09. The molecule has 0 spiro atoms. The van der Waals surface area contributed by atoms with Gasteiger partial charge in [-0.05, 0) is 13.1 Å². The van der Waals surface area contributed by atoms with Crippen molar-refractivity contribution in [3.8, 4) is 0 Å². The normalized spacial score (nSPS) is 12.2. The van der Waals surface area contributed by atoms with E-state index in [2.05, 4.69) is 5.16 Å². The van der Waals surface area contributed by atoms with Crippen LogP contribution in [0.5, 0.6) is 0 Å². The third-order valence-electron chi connectivity index (χ3n) is 1.79. The van der Waals surface area contributed by atoms with Gasteiger partial charge in [-0.3, -0.25) is 9.69 Å². The lowest BCUT2D eigenvalue weighted by Crippen LogP contribution is -2.32. The number of carbonyl (C=O) groups is 1. The molecule has 0 aliphatic rings. The topological polar surface area (TPSA) is 52.9 Å². The lowest BCUT2D eigenvalue weighted by atomic mass is 10.2. The van der Waals surface area contributed by atoms with Crippen LogP contribution >= 0.6 is 0 Å². The first kappa shape index (κ1) is 11.1. The minimum absolute atomic E-state index is 0.176. The van der Waals surface area contributed by atoms with Gasteiger partial charge in [0.05, 0.1) is 0 Å². The average molecular weight is 172 g/mol. The average Bonchev–Trinajstić information content (AvgIpc) is 2.06. The van der Waals surface area contributed by atoms with E-state index >= 15 is 0 Å². The summed E-state index contributed by atoms with van der Waals surface area (Å²) in [4.78, 5) is 12.8. The van der Waals surface area contributed by atoms with E-state index in [1.54, 1.807) is 0 Å². The van der Waals surface area contributed by atoms with Crippen molar-refractivity contribution in [1.29, 1.82) is 0 Å². The van der Waals surface area contributed by atoms with Crippen LogP contribution in [0.2, 0.25) is 0 Å². The smallest absolute Gasteiger partial charge is 0.178 e. The molecule has 0 unspecified atom stereocenters. The van der Waals surface area contributed by atoms with Crippen molar-refractivity contribution >= 4 is 11.5 Å². The molecule has 12 heavy (non-hydrogen) atoms. The van der Waals surface area contributed by atoms with E-state index in [9.17, 15) is 4.79 Å². The van der Waals surface area contributed by atoms with Crippen LogP contribution in [0.4, 0.5) is 0 Å². The van der Waals surface area contributed by atoms with Gasteiger partial charge in [0, 0.05) is 13.5 Å². The molecule has 0 bridgehead atoms. The van der Waals surface area contributed by atoms with Crippen molar-refractivity contribution in [1.82, 2.24) is 4.90 Å². The molecule has 0 aliphatic carbocycles. The van der Waals surface area contributed by atoms with E-state index < -0.39 is 0 Å². The summed E-state index contributed by atoms with van der Waals surface area (Å²) in [6.45, 7) is 7.53. The van der Waals surface area contributed by atoms with E-state index in [1.165, 1.54) is 6.92 Å². The SMILES string of the molecule is CCN(CC)CC(=NO)C(C)=O. The van der Waals surface area contributed by atoms with Crippen LogP contribution in [0.1, 0.15) is 20.8 Å². The molecule has 0 saturated heterocycles. The summed E-state index contributed by atoms with van der Waals surface area (Å²) in [6, 6.07) is 0. The highest BCUT2D eigenvalue weighted by molar-refractivity contribution is 6.39. The predicted molar refractivity (Wildman–Crippen MR) is 47.7 cm³/mol. The molecule has 0 fully saturated rings. The van der Waals surface area contributed by atoms with Crippen LogP contribution < -0.4 is 0 Å². The van der Waals surface area contributed by atoms with Crippen LogP contribution in [-0.4, -0.2) is 41.2 Å². The van der Waals surface area contributed by atoms with Gasteiger partial charge in [0.1, 0.15) is 5.71 Å². The third-order valence-corrected chi connectivity index (χ3v) is 1.79. The summed E-state index contributed by atoms with van der Waals surface area (Å²) in [5.41, 5.74) is 0.221. The van der Waals surface area contributed by atoms with Gasteiger partial charge in [0.2, 0.25) is 0 Å². The summed E-state index contributed by atoms with van der Waals surface area (Å²) >= 11 is 0. The molecule has 4 heteroatoms. The molecule has 0 aromatic rings. The van der Waals surface area contributed by atoms with E-state index in [0.29, 0.717) is 6.54 Å². The molecule has 0 aromatic carbocycles. The highest BCUT2D eigenvalue weighted by atomic mass is 16.4. The molecule has 70 valence electrons. The van der Waals surface area contributed by atoms with E-state index in [1.807, 2.05) is 18.7 Å². The van der Waals surface area contributed by atoms with E-state index in [4.69, 9.17) is 5.21 Å². The van der Waals surface area contributed by atoms with Gasteiger partial charge in [0.15, 0.2) is 5.78 Å². The Bertz CT molecular complexity index is 174. The Hall–Kier alpha value is -0.900. The second-order valence-electron chi connectivity index (χ2n) is 2.56. The van der Waals surface area contributed by atoms with Gasteiger partial charge >= 0.3 is 0 Å². The maximum Gasteiger partial charge on any atom is 0.178 e. The van der Waals surface area contributed by atoms with Crippen molar-refractivity contribution in [2.24, 2.45) is 5.16 Å².